The van der Waals surface area contributed by atoms with E-state index in [2.05, 4.69) is 26.6 Å². The van der Waals surface area contributed by atoms with E-state index in [1.54, 1.807) is 21.5 Å². The number of halogens is 1. The summed E-state index contributed by atoms with van der Waals surface area (Å²) in [6.45, 7) is 0. The lowest BCUT2D eigenvalue weighted by molar-refractivity contribution is -0.672. The maximum atomic E-state index is 11.9. The number of urea groups is 1. The van der Waals surface area contributed by atoms with Gasteiger partial charge >= 0.3 is 6.03 Å². The summed E-state index contributed by atoms with van der Waals surface area (Å²) in [6, 6.07) is 3.62. The summed E-state index contributed by atoms with van der Waals surface area (Å²) in [7, 11) is 1.81. The number of nitrogens with one attached hydrogen (secondary N) is 2. The number of benzene rings is 1. The third-order valence-corrected chi connectivity index (χ3v) is 3.63. The average molecular weight is 338 g/mol. The largest absolute Gasteiger partial charge is 0.328 e. The van der Waals surface area contributed by atoms with Crippen molar-refractivity contribution in [2.75, 3.05) is 0 Å². The summed E-state index contributed by atoms with van der Waals surface area (Å²) in [4.78, 5) is 34.9. The summed E-state index contributed by atoms with van der Waals surface area (Å²) in [5, 5.41) is 4.19. The molecule has 2 N–H and O–H groups in total. The van der Waals surface area contributed by atoms with Crippen LogP contribution in [0.2, 0.25) is 0 Å². The highest BCUT2D eigenvalue weighted by atomic mass is 79.9. The molecule has 102 valence electrons. The Bertz CT molecular complexity index is 747. The van der Waals surface area contributed by atoms with Gasteiger partial charge in [0, 0.05) is 10.5 Å². The van der Waals surface area contributed by atoms with Gasteiger partial charge in [0.15, 0.2) is 11.0 Å². The smallest absolute Gasteiger partial charge is 0.274 e. The maximum absolute atomic E-state index is 11.9. The Labute approximate surface area is 121 Å². The lowest BCUT2D eigenvalue weighted by atomic mass is 10.2. The third kappa shape index (κ3) is 1.88. The Balaban J connectivity index is 2.17. The molecule has 0 aliphatic carbocycles. The summed E-state index contributed by atoms with van der Waals surface area (Å²) in [5.74, 6) is -1.28. The Morgan fingerprint density at radius 3 is 2.50 bits per heavy atom. The zero-order valence-corrected chi connectivity index (χ0v) is 12.0. The van der Waals surface area contributed by atoms with Gasteiger partial charge in [-0.3, -0.25) is 20.2 Å². The van der Waals surface area contributed by atoms with Crippen LogP contribution in [0.4, 0.5) is 4.79 Å². The van der Waals surface area contributed by atoms with Crippen LogP contribution in [0.3, 0.4) is 0 Å². The summed E-state index contributed by atoms with van der Waals surface area (Å²) < 4.78 is 4.24. The number of amides is 4. The molecular formula is C12H10BrN4O3+. The van der Waals surface area contributed by atoms with Gasteiger partial charge in [-0.2, -0.15) is 0 Å². The Hall–Kier alpha value is -2.22. The zero-order chi connectivity index (χ0) is 14.4. The molecule has 1 aliphatic rings. The van der Waals surface area contributed by atoms with Crippen LogP contribution in [0.1, 0.15) is 6.04 Å². The fourth-order valence-corrected chi connectivity index (χ4v) is 2.63. The first kappa shape index (κ1) is 12.8. The number of barbiturate groups is 1. The second kappa shape index (κ2) is 4.41. The number of imidazole rings is 1. The van der Waals surface area contributed by atoms with Crippen molar-refractivity contribution in [1.29, 1.82) is 0 Å². The van der Waals surface area contributed by atoms with Gasteiger partial charge in [0.2, 0.25) is 6.33 Å². The highest BCUT2D eigenvalue weighted by Crippen LogP contribution is 2.19. The van der Waals surface area contributed by atoms with Gasteiger partial charge in [-0.15, -0.1) is 0 Å². The first-order chi connectivity index (χ1) is 9.47. The van der Waals surface area contributed by atoms with Gasteiger partial charge in [-0.05, 0) is 12.1 Å². The minimum absolute atomic E-state index is 0.640. The minimum atomic E-state index is -1.10. The number of carbonyl (C=O) groups excluding carboxylic acids is 3. The number of hydrogen-bond donors (Lipinski definition) is 2. The molecule has 0 unspecified atom stereocenters. The molecule has 1 saturated heterocycles. The minimum Gasteiger partial charge on any atom is -0.274 e. The molecule has 7 nitrogen and oxygen atoms in total. The monoisotopic (exact) mass is 337 g/mol. The summed E-state index contributed by atoms with van der Waals surface area (Å²) in [5.41, 5.74) is 1.58. The molecule has 8 heteroatoms. The molecule has 2 aromatic rings. The number of hydrogen-bond acceptors (Lipinski definition) is 3. The van der Waals surface area contributed by atoms with E-state index in [0.717, 1.165) is 15.5 Å². The van der Waals surface area contributed by atoms with Crippen LogP contribution in [0, 0.1) is 0 Å². The maximum Gasteiger partial charge on any atom is 0.328 e. The number of imide groups is 2. The lowest BCUT2D eigenvalue weighted by Gasteiger charge is -2.18. The molecule has 20 heavy (non-hydrogen) atoms. The standard InChI is InChI=1S/C12H9BrN4O3/c1-16-5-17(7-3-2-6(13)4-8(7)16)9-10(18)14-12(20)15-11(9)19/h2-5,9H,1H3,(H-,14,15,18,19,20)/p+1. The number of aryl methyl sites for hydroxylation is 1. The highest BCUT2D eigenvalue weighted by Gasteiger charge is 2.40. The van der Waals surface area contributed by atoms with Gasteiger partial charge in [0.1, 0.15) is 0 Å². The predicted octanol–water partition coefficient (Wildman–Crippen LogP) is 0.135. The highest BCUT2D eigenvalue weighted by molar-refractivity contribution is 9.10. The summed E-state index contributed by atoms with van der Waals surface area (Å²) in [6.07, 6.45) is 1.65. The van der Waals surface area contributed by atoms with Crippen LogP contribution in [-0.4, -0.2) is 22.4 Å². The van der Waals surface area contributed by atoms with Gasteiger partial charge in [0.05, 0.1) is 7.05 Å². The van der Waals surface area contributed by atoms with Crippen LogP contribution < -0.4 is 15.2 Å². The van der Waals surface area contributed by atoms with E-state index in [9.17, 15) is 14.4 Å². The fraction of sp³-hybridized carbons (Fsp3) is 0.167. The quantitative estimate of drug-likeness (QED) is 0.573. The molecule has 3 rings (SSSR count). The van der Waals surface area contributed by atoms with Crippen LogP contribution in [-0.2, 0) is 16.6 Å². The van der Waals surface area contributed by atoms with E-state index in [-0.39, 0.29) is 0 Å². The molecule has 1 fully saturated rings. The van der Waals surface area contributed by atoms with Crippen LogP contribution >= 0.6 is 15.9 Å². The van der Waals surface area contributed by atoms with Crippen molar-refractivity contribution < 1.29 is 19.0 Å². The first-order valence-corrected chi connectivity index (χ1v) is 6.58. The van der Waals surface area contributed by atoms with E-state index in [1.807, 2.05) is 19.2 Å². The number of rotatable bonds is 1. The molecule has 1 aromatic heterocycles. The predicted molar refractivity (Wildman–Crippen MR) is 71.5 cm³/mol. The molecule has 2 heterocycles. The van der Waals surface area contributed by atoms with E-state index < -0.39 is 23.9 Å². The summed E-state index contributed by atoms with van der Waals surface area (Å²) >= 11 is 3.38. The number of carbonyl (C=O) groups is 3. The van der Waals surface area contributed by atoms with E-state index in [1.165, 1.54) is 0 Å². The van der Waals surface area contributed by atoms with Crippen molar-refractivity contribution in [3.05, 3.63) is 29.0 Å². The van der Waals surface area contributed by atoms with Crippen molar-refractivity contribution in [2.45, 2.75) is 6.04 Å². The van der Waals surface area contributed by atoms with Crippen molar-refractivity contribution in [1.82, 2.24) is 15.2 Å². The lowest BCUT2D eigenvalue weighted by Crippen LogP contribution is -2.63. The molecule has 0 radical (unpaired) electrons. The zero-order valence-electron chi connectivity index (χ0n) is 10.4. The van der Waals surface area contributed by atoms with Crippen molar-refractivity contribution >= 4 is 44.8 Å². The first-order valence-electron chi connectivity index (χ1n) is 5.79. The van der Waals surface area contributed by atoms with E-state index in [0.29, 0.717) is 0 Å². The molecule has 1 aromatic carbocycles. The van der Waals surface area contributed by atoms with Crippen LogP contribution in [0.5, 0.6) is 0 Å². The van der Waals surface area contributed by atoms with Crippen molar-refractivity contribution in [3.8, 4) is 0 Å². The van der Waals surface area contributed by atoms with Crippen molar-refractivity contribution in [2.24, 2.45) is 7.05 Å². The van der Waals surface area contributed by atoms with E-state index in [4.69, 9.17) is 0 Å². The number of aromatic nitrogens is 2. The molecule has 0 bridgehead atoms. The second-order valence-electron chi connectivity index (χ2n) is 4.48. The Kier molecular flexibility index (Phi) is 2.82. The Morgan fingerprint density at radius 2 is 1.85 bits per heavy atom. The average Bonchev–Trinajstić information content (AvgIpc) is 2.65. The van der Waals surface area contributed by atoms with Crippen LogP contribution in [0.15, 0.2) is 29.0 Å². The normalized spacial score (nSPS) is 16.4. The van der Waals surface area contributed by atoms with E-state index >= 15 is 0 Å². The van der Waals surface area contributed by atoms with Crippen molar-refractivity contribution in [3.63, 3.8) is 0 Å². The van der Waals surface area contributed by atoms with Gasteiger partial charge < -0.3 is 0 Å². The number of fused-ring (bicyclic) bond motifs is 1. The Morgan fingerprint density at radius 1 is 1.20 bits per heavy atom. The van der Waals surface area contributed by atoms with Gasteiger partial charge in [-0.25, -0.2) is 13.9 Å². The fourth-order valence-electron chi connectivity index (χ4n) is 2.28. The third-order valence-electron chi connectivity index (χ3n) is 3.14. The topological polar surface area (TPSA) is 84.1 Å². The SMILES string of the molecule is Cn1c[n+](C2C(=O)NC(=O)NC2=O)c2ccc(Br)cc21. The number of nitrogens with zero attached hydrogens (tertiary/aromatic N) is 2. The molecular weight excluding hydrogens is 328 g/mol. The van der Waals surface area contributed by atoms with Gasteiger partial charge in [-0.1, -0.05) is 15.9 Å². The molecule has 0 spiro atoms. The van der Waals surface area contributed by atoms with Crippen LogP contribution in [0.25, 0.3) is 11.0 Å². The molecule has 0 atom stereocenters. The molecule has 1 aliphatic heterocycles. The molecule has 0 saturated carbocycles. The van der Waals surface area contributed by atoms with Gasteiger partial charge in [0.25, 0.3) is 17.9 Å². The second-order valence-corrected chi connectivity index (χ2v) is 5.39. The molecule has 4 amide bonds.